The molecule has 0 fully saturated rings. The van der Waals surface area contributed by atoms with Crippen LogP contribution in [-0.2, 0) is 0 Å². The van der Waals surface area contributed by atoms with Crippen molar-refractivity contribution >= 4 is 15.9 Å². The first-order valence-corrected chi connectivity index (χ1v) is 8.00. The molecule has 0 heterocycles. The molecule has 1 aliphatic carbocycles. The van der Waals surface area contributed by atoms with E-state index in [0.717, 1.165) is 22.9 Å². The molecule has 19 heavy (non-hydrogen) atoms. The number of benzene rings is 1. The van der Waals surface area contributed by atoms with Crippen LogP contribution in [0.25, 0.3) is 0 Å². The second-order valence-electron chi connectivity index (χ2n) is 5.98. The third kappa shape index (κ3) is 4.47. The molecule has 0 bridgehead atoms. The average molecular weight is 322 g/mol. The van der Waals surface area contributed by atoms with Gasteiger partial charge in [0.2, 0.25) is 0 Å². The molecule has 104 valence electrons. The Bertz CT molecular complexity index is 452. The third-order valence-electron chi connectivity index (χ3n) is 3.95. The van der Waals surface area contributed by atoms with E-state index in [2.05, 4.69) is 72.4 Å². The first kappa shape index (κ1) is 14.8. The molecule has 0 radical (unpaired) electrons. The maximum Gasteiger partial charge on any atom is 0.0292 e. The van der Waals surface area contributed by atoms with Crippen molar-refractivity contribution in [3.63, 3.8) is 0 Å². The Hall–Kier alpha value is -0.600. The number of hydrogen-bond donors (Lipinski definition) is 1. The van der Waals surface area contributed by atoms with E-state index >= 15 is 0 Å². The van der Waals surface area contributed by atoms with E-state index < -0.39 is 0 Å². The van der Waals surface area contributed by atoms with Crippen LogP contribution in [0.1, 0.15) is 45.2 Å². The summed E-state index contributed by atoms with van der Waals surface area (Å²) in [6, 6.07) is 8.99. The molecule has 0 aliphatic heterocycles. The lowest BCUT2D eigenvalue weighted by Gasteiger charge is -2.27. The zero-order valence-electron chi connectivity index (χ0n) is 12.1. The van der Waals surface area contributed by atoms with Gasteiger partial charge in [0.05, 0.1) is 0 Å². The van der Waals surface area contributed by atoms with Crippen LogP contribution in [0.4, 0.5) is 0 Å². The lowest BCUT2D eigenvalue weighted by Crippen LogP contribution is -2.28. The van der Waals surface area contributed by atoms with Crippen LogP contribution in [0.15, 0.2) is 40.4 Å². The Labute approximate surface area is 125 Å². The Morgan fingerprint density at radius 3 is 2.89 bits per heavy atom. The lowest BCUT2D eigenvalue weighted by atomic mass is 9.83. The van der Waals surface area contributed by atoms with Gasteiger partial charge in [-0.25, -0.2) is 0 Å². The van der Waals surface area contributed by atoms with E-state index in [9.17, 15) is 0 Å². The fourth-order valence-electron chi connectivity index (χ4n) is 3.08. The molecular formula is C17H24BrN. The zero-order chi connectivity index (χ0) is 13.8. The standard InChI is InChI=1S/C17H24BrN/c1-12-7-13(2)9-15(8-12)11-19-14(3)16-5-4-6-17(18)10-16/h4-7,10,12,14-15,19H,8-9,11H2,1-3H3. The summed E-state index contributed by atoms with van der Waals surface area (Å²) in [7, 11) is 0. The van der Waals surface area contributed by atoms with Gasteiger partial charge in [0.25, 0.3) is 0 Å². The quantitative estimate of drug-likeness (QED) is 0.761. The van der Waals surface area contributed by atoms with Crippen molar-refractivity contribution < 1.29 is 0 Å². The van der Waals surface area contributed by atoms with Crippen molar-refractivity contribution in [2.75, 3.05) is 6.54 Å². The van der Waals surface area contributed by atoms with Crippen LogP contribution in [0.3, 0.4) is 0 Å². The molecule has 3 unspecified atom stereocenters. The number of nitrogens with one attached hydrogen (secondary N) is 1. The zero-order valence-corrected chi connectivity index (χ0v) is 13.7. The number of rotatable bonds is 4. The van der Waals surface area contributed by atoms with E-state index in [1.165, 1.54) is 18.4 Å². The van der Waals surface area contributed by atoms with Gasteiger partial charge in [-0.3, -0.25) is 0 Å². The normalized spacial score (nSPS) is 24.9. The van der Waals surface area contributed by atoms with Gasteiger partial charge in [0.15, 0.2) is 0 Å². The largest absolute Gasteiger partial charge is 0.310 e. The Morgan fingerprint density at radius 2 is 2.21 bits per heavy atom. The van der Waals surface area contributed by atoms with E-state index in [1.54, 1.807) is 5.57 Å². The molecular weight excluding hydrogens is 298 g/mol. The van der Waals surface area contributed by atoms with Gasteiger partial charge in [-0.2, -0.15) is 0 Å². The number of halogens is 1. The Kier molecular flexibility index (Phi) is 5.23. The second-order valence-corrected chi connectivity index (χ2v) is 6.90. The summed E-state index contributed by atoms with van der Waals surface area (Å²) >= 11 is 3.54. The number of allylic oxidation sites excluding steroid dienone is 2. The van der Waals surface area contributed by atoms with Gasteiger partial charge in [0, 0.05) is 10.5 Å². The summed E-state index contributed by atoms with van der Waals surface area (Å²) in [4.78, 5) is 0. The van der Waals surface area contributed by atoms with Crippen LogP contribution in [0.5, 0.6) is 0 Å². The Balaban J connectivity index is 1.87. The predicted molar refractivity (Wildman–Crippen MR) is 86.2 cm³/mol. The van der Waals surface area contributed by atoms with Crippen molar-refractivity contribution in [3.05, 3.63) is 46.0 Å². The molecule has 0 saturated heterocycles. The average Bonchev–Trinajstić information content (AvgIpc) is 2.35. The topological polar surface area (TPSA) is 12.0 Å². The minimum absolute atomic E-state index is 0.416. The van der Waals surface area contributed by atoms with Crippen LogP contribution < -0.4 is 5.32 Å². The maximum absolute atomic E-state index is 3.69. The number of hydrogen-bond acceptors (Lipinski definition) is 1. The predicted octanol–water partition coefficient (Wildman–Crippen LogP) is 5.09. The van der Waals surface area contributed by atoms with Crippen molar-refractivity contribution in [1.29, 1.82) is 0 Å². The molecule has 1 N–H and O–H groups in total. The highest BCUT2D eigenvalue weighted by Gasteiger charge is 2.18. The highest BCUT2D eigenvalue weighted by Crippen LogP contribution is 2.28. The Morgan fingerprint density at radius 1 is 1.42 bits per heavy atom. The van der Waals surface area contributed by atoms with Gasteiger partial charge >= 0.3 is 0 Å². The van der Waals surface area contributed by atoms with E-state index in [0.29, 0.717) is 6.04 Å². The van der Waals surface area contributed by atoms with Gasteiger partial charge < -0.3 is 5.32 Å². The molecule has 1 aliphatic rings. The molecule has 2 rings (SSSR count). The first-order valence-electron chi connectivity index (χ1n) is 7.20. The smallest absolute Gasteiger partial charge is 0.0292 e. The van der Waals surface area contributed by atoms with Crippen molar-refractivity contribution in [2.24, 2.45) is 11.8 Å². The van der Waals surface area contributed by atoms with E-state index in [1.807, 2.05) is 0 Å². The van der Waals surface area contributed by atoms with Crippen molar-refractivity contribution in [2.45, 2.75) is 39.7 Å². The first-order chi connectivity index (χ1) is 9.04. The summed E-state index contributed by atoms with van der Waals surface area (Å²) in [5, 5.41) is 3.69. The molecule has 0 aromatic heterocycles. The monoisotopic (exact) mass is 321 g/mol. The van der Waals surface area contributed by atoms with E-state index in [-0.39, 0.29) is 0 Å². The van der Waals surface area contributed by atoms with Gasteiger partial charge in [-0.1, -0.05) is 46.6 Å². The summed E-state index contributed by atoms with van der Waals surface area (Å²) in [6.45, 7) is 7.95. The van der Waals surface area contributed by atoms with Crippen LogP contribution in [-0.4, -0.2) is 6.54 Å². The SMILES string of the molecule is CC1=CC(C)CC(CNC(C)c2cccc(Br)c2)C1. The lowest BCUT2D eigenvalue weighted by molar-refractivity contribution is 0.366. The van der Waals surface area contributed by atoms with Crippen molar-refractivity contribution in [3.8, 4) is 0 Å². The summed E-state index contributed by atoms with van der Waals surface area (Å²) in [5.74, 6) is 1.52. The maximum atomic E-state index is 3.69. The summed E-state index contributed by atoms with van der Waals surface area (Å²) in [6.07, 6.45) is 4.99. The molecule has 1 nitrogen and oxygen atoms in total. The highest BCUT2D eigenvalue weighted by atomic mass is 79.9. The van der Waals surface area contributed by atoms with Gasteiger partial charge in [0.1, 0.15) is 0 Å². The molecule has 0 spiro atoms. The van der Waals surface area contributed by atoms with Gasteiger partial charge in [-0.05, 0) is 62.8 Å². The summed E-state index contributed by atoms with van der Waals surface area (Å²) < 4.78 is 1.16. The molecule has 1 aromatic rings. The van der Waals surface area contributed by atoms with Gasteiger partial charge in [-0.15, -0.1) is 0 Å². The molecule has 0 saturated carbocycles. The van der Waals surface area contributed by atoms with Crippen molar-refractivity contribution in [1.82, 2.24) is 5.32 Å². The fourth-order valence-corrected chi connectivity index (χ4v) is 3.50. The molecule has 0 amide bonds. The minimum atomic E-state index is 0.416. The second kappa shape index (κ2) is 6.71. The molecule has 3 atom stereocenters. The molecule has 1 aromatic carbocycles. The third-order valence-corrected chi connectivity index (χ3v) is 4.44. The summed E-state index contributed by atoms with van der Waals surface area (Å²) in [5.41, 5.74) is 2.91. The molecule has 2 heteroatoms. The fraction of sp³-hybridized carbons (Fsp3) is 0.529. The van der Waals surface area contributed by atoms with Crippen LogP contribution in [0, 0.1) is 11.8 Å². The minimum Gasteiger partial charge on any atom is -0.310 e. The van der Waals surface area contributed by atoms with Crippen LogP contribution >= 0.6 is 15.9 Å². The van der Waals surface area contributed by atoms with Crippen LogP contribution in [0.2, 0.25) is 0 Å². The highest BCUT2D eigenvalue weighted by molar-refractivity contribution is 9.10. The van der Waals surface area contributed by atoms with E-state index in [4.69, 9.17) is 0 Å².